The molecule has 1 saturated heterocycles. The molecule has 1 fully saturated rings. The van der Waals surface area contributed by atoms with Crippen LogP contribution in [0, 0.1) is 5.92 Å². The first-order valence-electron chi connectivity index (χ1n) is 10.6. The van der Waals surface area contributed by atoms with Crippen molar-refractivity contribution >= 4 is 44.5 Å². The smallest absolute Gasteiger partial charge is 0.225 e. The highest BCUT2D eigenvalue weighted by molar-refractivity contribution is 7.18. The summed E-state index contributed by atoms with van der Waals surface area (Å²) < 4.78 is 6.27. The number of hydrogen-bond donors (Lipinski definition) is 3. The van der Waals surface area contributed by atoms with E-state index in [0.717, 1.165) is 46.8 Å². The summed E-state index contributed by atoms with van der Waals surface area (Å²) >= 11 is 1.54. The summed E-state index contributed by atoms with van der Waals surface area (Å²) in [7, 11) is 1.59. The maximum atomic E-state index is 12.6. The van der Waals surface area contributed by atoms with Crippen LogP contribution in [0.15, 0.2) is 29.8 Å². The first-order chi connectivity index (χ1) is 15.0. The molecule has 1 aromatic carbocycles. The number of ether oxygens (including phenoxy) is 1. The van der Waals surface area contributed by atoms with Crippen molar-refractivity contribution in [1.82, 2.24) is 9.88 Å². The van der Waals surface area contributed by atoms with Crippen molar-refractivity contribution in [3.05, 3.63) is 29.8 Å². The number of carbonyl (C=O) groups excluding carboxylic acids is 1. The Kier molecular flexibility index (Phi) is 6.29. The Morgan fingerprint density at radius 2 is 2.10 bits per heavy atom. The SMILES string of the molecule is COc1cc(-c2csc3c(NC(=O)CCN4CCC(C)CC4)cnc(N)c23)ccc1N. The second kappa shape index (κ2) is 9.11. The third-order valence-corrected chi connectivity index (χ3v) is 6.99. The monoisotopic (exact) mass is 439 g/mol. The van der Waals surface area contributed by atoms with Crippen LogP contribution in [0.1, 0.15) is 26.2 Å². The molecule has 0 saturated carbocycles. The number of anilines is 3. The fourth-order valence-electron chi connectivity index (χ4n) is 4.01. The molecule has 7 nitrogen and oxygen atoms in total. The van der Waals surface area contributed by atoms with E-state index in [4.69, 9.17) is 16.2 Å². The van der Waals surface area contributed by atoms with Gasteiger partial charge in [-0.2, -0.15) is 0 Å². The molecule has 0 atom stereocenters. The zero-order valence-corrected chi connectivity index (χ0v) is 18.8. The van der Waals surface area contributed by atoms with E-state index >= 15 is 0 Å². The number of nitrogens with one attached hydrogen (secondary N) is 1. The molecule has 2 aromatic heterocycles. The summed E-state index contributed by atoms with van der Waals surface area (Å²) in [4.78, 5) is 19.3. The molecule has 0 unspecified atom stereocenters. The maximum Gasteiger partial charge on any atom is 0.225 e. The van der Waals surface area contributed by atoms with Crippen LogP contribution >= 0.6 is 11.3 Å². The Balaban J connectivity index is 1.53. The van der Waals surface area contributed by atoms with Crippen molar-refractivity contribution in [3.8, 4) is 16.9 Å². The molecular weight excluding hydrogens is 410 g/mol. The second-order valence-corrected chi connectivity index (χ2v) is 9.07. The molecule has 5 N–H and O–H groups in total. The highest BCUT2D eigenvalue weighted by Crippen LogP contribution is 2.41. The Morgan fingerprint density at radius 1 is 1.32 bits per heavy atom. The van der Waals surface area contributed by atoms with Gasteiger partial charge >= 0.3 is 0 Å². The summed E-state index contributed by atoms with van der Waals surface area (Å²) in [6.07, 6.45) is 4.52. The fourth-order valence-corrected chi connectivity index (χ4v) is 5.06. The van der Waals surface area contributed by atoms with Crippen molar-refractivity contribution in [3.63, 3.8) is 0 Å². The van der Waals surface area contributed by atoms with Gasteiger partial charge in [0.05, 0.1) is 29.4 Å². The van der Waals surface area contributed by atoms with E-state index in [0.29, 0.717) is 29.4 Å². The predicted octanol–water partition coefficient (Wildman–Crippen LogP) is 4.20. The number of pyridine rings is 1. The summed E-state index contributed by atoms with van der Waals surface area (Å²) in [5, 5.41) is 5.90. The average Bonchev–Trinajstić information content (AvgIpc) is 3.22. The molecule has 3 aromatic rings. The number of likely N-dealkylation sites (tertiary alicyclic amines) is 1. The van der Waals surface area contributed by atoms with Crippen molar-refractivity contribution in [2.24, 2.45) is 5.92 Å². The lowest BCUT2D eigenvalue weighted by molar-refractivity contribution is -0.116. The van der Waals surface area contributed by atoms with Gasteiger partial charge < -0.3 is 26.4 Å². The van der Waals surface area contributed by atoms with E-state index in [1.54, 1.807) is 13.3 Å². The van der Waals surface area contributed by atoms with Crippen molar-refractivity contribution < 1.29 is 9.53 Å². The number of carbonyl (C=O) groups is 1. The molecule has 164 valence electrons. The zero-order chi connectivity index (χ0) is 22.0. The number of nitrogens with two attached hydrogens (primary N) is 2. The van der Waals surface area contributed by atoms with Gasteiger partial charge in [-0.05, 0) is 49.5 Å². The standard InChI is InChI=1S/C23H29N5O2S/c1-14-5-8-28(9-6-14)10-7-20(29)27-18-12-26-23(25)21-16(13-31-22(18)21)15-3-4-17(24)19(11-15)30-2/h3-4,11-14H,5-10,24H2,1-2H3,(H2,25,26)(H,27,29). The van der Waals surface area contributed by atoms with Crippen LogP contribution in [0.2, 0.25) is 0 Å². The van der Waals surface area contributed by atoms with Gasteiger partial charge in [0.1, 0.15) is 11.6 Å². The number of benzene rings is 1. The zero-order valence-electron chi connectivity index (χ0n) is 18.0. The Bertz CT molecular complexity index is 1090. The number of fused-ring (bicyclic) bond motifs is 1. The number of thiophene rings is 1. The number of nitrogens with zero attached hydrogens (tertiary/aromatic N) is 2. The minimum Gasteiger partial charge on any atom is -0.495 e. The Labute approximate surface area is 186 Å². The lowest BCUT2D eigenvalue weighted by Crippen LogP contribution is -2.35. The van der Waals surface area contributed by atoms with Crippen LogP contribution in [0.25, 0.3) is 21.2 Å². The molecule has 4 rings (SSSR count). The van der Waals surface area contributed by atoms with Crippen LogP contribution in [0.4, 0.5) is 17.2 Å². The first kappa shape index (κ1) is 21.4. The molecular formula is C23H29N5O2S. The van der Waals surface area contributed by atoms with E-state index in [2.05, 4.69) is 22.1 Å². The van der Waals surface area contributed by atoms with Crippen LogP contribution in [-0.2, 0) is 4.79 Å². The van der Waals surface area contributed by atoms with Crippen LogP contribution in [0.5, 0.6) is 5.75 Å². The molecule has 31 heavy (non-hydrogen) atoms. The number of aromatic nitrogens is 1. The minimum absolute atomic E-state index is 0.00408. The Morgan fingerprint density at radius 3 is 2.84 bits per heavy atom. The van der Waals surface area contributed by atoms with Gasteiger partial charge in [-0.1, -0.05) is 13.0 Å². The van der Waals surface area contributed by atoms with E-state index in [1.807, 2.05) is 23.6 Å². The summed E-state index contributed by atoms with van der Waals surface area (Å²) in [5.41, 5.74) is 15.3. The largest absolute Gasteiger partial charge is 0.495 e. The molecule has 8 heteroatoms. The van der Waals surface area contributed by atoms with E-state index in [1.165, 1.54) is 24.2 Å². The van der Waals surface area contributed by atoms with Gasteiger partial charge in [0.15, 0.2) is 0 Å². The number of hydrogen-bond acceptors (Lipinski definition) is 7. The fraction of sp³-hybridized carbons (Fsp3) is 0.391. The van der Waals surface area contributed by atoms with Gasteiger partial charge in [0.25, 0.3) is 0 Å². The molecule has 0 spiro atoms. The highest BCUT2D eigenvalue weighted by atomic mass is 32.1. The van der Waals surface area contributed by atoms with Gasteiger partial charge in [-0.3, -0.25) is 4.79 Å². The maximum absolute atomic E-state index is 12.6. The van der Waals surface area contributed by atoms with Gasteiger partial charge in [0.2, 0.25) is 5.91 Å². The van der Waals surface area contributed by atoms with Crippen LogP contribution < -0.4 is 21.5 Å². The third-order valence-electron chi connectivity index (χ3n) is 5.97. The van der Waals surface area contributed by atoms with Crippen molar-refractivity contribution in [2.75, 3.05) is 43.5 Å². The average molecular weight is 440 g/mol. The Hall–Kier alpha value is -2.84. The predicted molar refractivity (Wildman–Crippen MR) is 129 cm³/mol. The number of methoxy groups -OCH3 is 1. The normalized spacial score (nSPS) is 15.3. The number of rotatable bonds is 6. The quantitative estimate of drug-likeness (QED) is 0.497. The topological polar surface area (TPSA) is 106 Å². The summed E-state index contributed by atoms with van der Waals surface area (Å²) in [6.45, 7) is 5.22. The van der Waals surface area contributed by atoms with Crippen LogP contribution in [-0.4, -0.2) is 42.5 Å². The number of amides is 1. The highest BCUT2D eigenvalue weighted by Gasteiger charge is 2.18. The molecule has 0 aliphatic carbocycles. The van der Waals surface area contributed by atoms with E-state index in [-0.39, 0.29) is 5.91 Å². The van der Waals surface area contributed by atoms with E-state index in [9.17, 15) is 4.79 Å². The third kappa shape index (κ3) is 4.60. The molecule has 0 bridgehead atoms. The minimum atomic E-state index is -0.00408. The molecule has 1 aliphatic heterocycles. The van der Waals surface area contributed by atoms with Crippen molar-refractivity contribution in [1.29, 1.82) is 0 Å². The lowest BCUT2D eigenvalue weighted by atomic mass is 9.99. The van der Waals surface area contributed by atoms with Gasteiger partial charge in [-0.25, -0.2) is 4.98 Å². The number of piperidine rings is 1. The molecule has 0 radical (unpaired) electrons. The summed E-state index contributed by atoms with van der Waals surface area (Å²) in [6, 6.07) is 5.64. The van der Waals surface area contributed by atoms with E-state index < -0.39 is 0 Å². The van der Waals surface area contributed by atoms with Crippen LogP contribution in [0.3, 0.4) is 0 Å². The molecule has 1 aliphatic rings. The first-order valence-corrected chi connectivity index (χ1v) is 11.5. The van der Waals surface area contributed by atoms with Crippen molar-refractivity contribution in [2.45, 2.75) is 26.2 Å². The lowest BCUT2D eigenvalue weighted by Gasteiger charge is -2.29. The molecule has 1 amide bonds. The van der Waals surface area contributed by atoms with Gasteiger partial charge in [-0.15, -0.1) is 11.3 Å². The molecule has 3 heterocycles. The number of nitrogen functional groups attached to an aromatic ring is 2. The second-order valence-electron chi connectivity index (χ2n) is 8.19. The van der Waals surface area contributed by atoms with Gasteiger partial charge in [0, 0.05) is 29.3 Å². The summed E-state index contributed by atoms with van der Waals surface area (Å²) in [5.74, 6) is 1.83.